The van der Waals surface area contributed by atoms with E-state index in [1.54, 1.807) is 0 Å². The van der Waals surface area contributed by atoms with Gasteiger partial charge >= 0.3 is 0 Å². The molecular weight excluding hydrogens is 412 g/mol. The van der Waals surface area contributed by atoms with Crippen molar-refractivity contribution in [3.05, 3.63) is 141 Å². The zero-order chi connectivity index (χ0) is 23.9. The van der Waals surface area contributed by atoms with E-state index in [4.69, 9.17) is 0 Å². The Balaban J connectivity index is 1.52. The molecule has 0 heterocycles. The summed E-state index contributed by atoms with van der Waals surface area (Å²) < 4.78 is 0. The lowest BCUT2D eigenvalue weighted by molar-refractivity contribution is 1.13. The second kappa shape index (κ2) is 10.9. The number of hydrogen-bond acceptors (Lipinski definition) is 2. The van der Waals surface area contributed by atoms with E-state index in [1.807, 2.05) is 12.4 Å². The van der Waals surface area contributed by atoms with E-state index >= 15 is 0 Å². The Hall–Kier alpha value is -3.78. The van der Waals surface area contributed by atoms with Crippen molar-refractivity contribution in [2.24, 2.45) is 10.2 Å². The topological polar surface area (TPSA) is 24.7 Å². The first kappa shape index (κ1) is 23.4. The largest absolute Gasteiger partial charge is 0.159 e. The van der Waals surface area contributed by atoms with Gasteiger partial charge in [-0.3, -0.25) is 0 Å². The third-order valence-corrected chi connectivity index (χ3v) is 6.77. The van der Waals surface area contributed by atoms with Crippen LogP contribution in [0.25, 0.3) is 0 Å². The van der Waals surface area contributed by atoms with Crippen molar-refractivity contribution in [1.29, 1.82) is 0 Å². The molecule has 0 N–H and O–H groups in total. The first-order valence-corrected chi connectivity index (χ1v) is 11.9. The van der Waals surface area contributed by atoms with E-state index in [-0.39, 0.29) is 0 Å². The molecule has 170 valence electrons. The lowest BCUT2D eigenvalue weighted by atomic mass is 9.95. The van der Waals surface area contributed by atoms with E-state index in [0.717, 1.165) is 24.0 Å². The maximum atomic E-state index is 4.40. The lowest BCUT2D eigenvalue weighted by Crippen LogP contribution is -1.98. The Kier molecular flexibility index (Phi) is 7.49. The molecule has 0 aromatic heterocycles. The van der Waals surface area contributed by atoms with Crippen LogP contribution in [0.5, 0.6) is 0 Å². The Morgan fingerprint density at radius 2 is 0.853 bits per heavy atom. The summed E-state index contributed by atoms with van der Waals surface area (Å²) in [7, 11) is 0. The third-order valence-electron chi connectivity index (χ3n) is 6.77. The molecule has 0 fully saturated rings. The fraction of sp³-hybridized carbons (Fsp3) is 0.188. The highest BCUT2D eigenvalue weighted by atomic mass is 15.2. The van der Waals surface area contributed by atoms with Crippen LogP contribution in [0, 0.1) is 27.7 Å². The van der Waals surface area contributed by atoms with Crippen LogP contribution in [0.3, 0.4) is 0 Å². The number of hydrogen-bond donors (Lipinski definition) is 0. The van der Waals surface area contributed by atoms with Crippen LogP contribution in [-0.4, -0.2) is 12.4 Å². The molecule has 0 amide bonds. The highest BCUT2D eigenvalue weighted by Crippen LogP contribution is 2.20. The lowest BCUT2D eigenvalue weighted by Gasteiger charge is -2.10. The highest BCUT2D eigenvalue weighted by molar-refractivity contribution is 5.85. The summed E-state index contributed by atoms with van der Waals surface area (Å²) in [5.74, 6) is 0. The molecule has 0 bridgehead atoms. The number of rotatable bonds is 7. The van der Waals surface area contributed by atoms with Crippen molar-refractivity contribution in [1.82, 2.24) is 0 Å². The fourth-order valence-electron chi connectivity index (χ4n) is 4.25. The molecule has 0 spiro atoms. The summed E-state index contributed by atoms with van der Waals surface area (Å²) in [6.45, 7) is 8.72. The molecule has 4 aromatic carbocycles. The maximum absolute atomic E-state index is 4.40. The molecule has 0 unspecified atom stereocenters. The predicted octanol–water partition coefficient (Wildman–Crippen LogP) is 7.55. The van der Waals surface area contributed by atoms with E-state index in [2.05, 4.69) is 123 Å². The van der Waals surface area contributed by atoms with Gasteiger partial charge in [-0.15, -0.1) is 0 Å². The summed E-state index contributed by atoms with van der Waals surface area (Å²) in [5.41, 5.74) is 12.8. The molecular formula is C32H32N2. The van der Waals surface area contributed by atoms with Gasteiger partial charge in [0.25, 0.3) is 0 Å². The van der Waals surface area contributed by atoms with Gasteiger partial charge in [-0.2, -0.15) is 10.2 Å². The first-order chi connectivity index (χ1) is 16.5. The van der Waals surface area contributed by atoms with Crippen molar-refractivity contribution in [3.63, 3.8) is 0 Å². The minimum atomic E-state index is 0.887. The monoisotopic (exact) mass is 444 g/mol. The van der Waals surface area contributed by atoms with Gasteiger partial charge in [-0.1, -0.05) is 84.9 Å². The molecule has 0 aliphatic carbocycles. The molecule has 0 atom stereocenters. The average molecular weight is 445 g/mol. The Morgan fingerprint density at radius 1 is 0.471 bits per heavy atom. The average Bonchev–Trinajstić information content (AvgIpc) is 2.84. The summed E-state index contributed by atoms with van der Waals surface area (Å²) in [4.78, 5) is 0. The normalized spacial score (nSPS) is 11.5. The Labute approximate surface area is 203 Å². The van der Waals surface area contributed by atoms with Gasteiger partial charge < -0.3 is 0 Å². The molecule has 2 heteroatoms. The van der Waals surface area contributed by atoms with Gasteiger partial charge in [0.1, 0.15) is 0 Å². The summed E-state index contributed by atoms with van der Waals surface area (Å²) in [5, 5.41) is 8.81. The summed E-state index contributed by atoms with van der Waals surface area (Å²) >= 11 is 0. The second-order valence-electron chi connectivity index (χ2n) is 8.96. The second-order valence-corrected chi connectivity index (χ2v) is 8.96. The molecule has 34 heavy (non-hydrogen) atoms. The van der Waals surface area contributed by atoms with E-state index in [9.17, 15) is 0 Å². The van der Waals surface area contributed by atoms with Crippen molar-refractivity contribution < 1.29 is 0 Å². The molecule has 0 radical (unpaired) electrons. The molecule has 4 aromatic rings. The van der Waals surface area contributed by atoms with Gasteiger partial charge in [0, 0.05) is 0 Å². The third kappa shape index (κ3) is 5.58. The van der Waals surface area contributed by atoms with Crippen molar-refractivity contribution in [2.75, 3.05) is 0 Å². The minimum absolute atomic E-state index is 0.887. The van der Waals surface area contributed by atoms with Crippen molar-refractivity contribution in [2.45, 2.75) is 40.5 Å². The van der Waals surface area contributed by atoms with Gasteiger partial charge in [0.05, 0.1) is 12.4 Å². The molecule has 0 aliphatic heterocycles. The fourth-order valence-corrected chi connectivity index (χ4v) is 4.25. The Morgan fingerprint density at radius 3 is 1.29 bits per heavy atom. The standard InChI is InChI=1S/C32H32N2/c1-23-11-9-17-27(25(23)3)19-29-13-5-7-15-31(29)21-33-34-22-32-16-8-6-14-30(32)20-28-18-10-12-24(2)26(28)4/h5-18,21-22H,19-20H2,1-4H3/b33-21+,34-22+. The van der Waals surface area contributed by atoms with Crippen LogP contribution in [0.15, 0.2) is 95.1 Å². The number of aryl methyl sites for hydroxylation is 2. The van der Waals surface area contributed by atoms with Crippen LogP contribution < -0.4 is 0 Å². The zero-order valence-corrected chi connectivity index (χ0v) is 20.5. The number of benzene rings is 4. The maximum Gasteiger partial charge on any atom is 0.0570 e. The van der Waals surface area contributed by atoms with Crippen LogP contribution in [-0.2, 0) is 12.8 Å². The minimum Gasteiger partial charge on any atom is -0.159 e. The molecule has 4 rings (SSSR count). The van der Waals surface area contributed by atoms with Crippen molar-refractivity contribution in [3.8, 4) is 0 Å². The van der Waals surface area contributed by atoms with Gasteiger partial charge in [-0.05, 0) is 96.2 Å². The highest BCUT2D eigenvalue weighted by Gasteiger charge is 2.07. The summed E-state index contributed by atoms with van der Waals surface area (Å²) in [6, 6.07) is 29.9. The van der Waals surface area contributed by atoms with Crippen molar-refractivity contribution >= 4 is 12.4 Å². The van der Waals surface area contributed by atoms with Gasteiger partial charge in [-0.25, -0.2) is 0 Å². The van der Waals surface area contributed by atoms with Crippen LogP contribution in [0.1, 0.15) is 55.6 Å². The van der Waals surface area contributed by atoms with E-state index < -0.39 is 0 Å². The Bertz CT molecular complexity index is 1240. The molecule has 0 saturated carbocycles. The molecule has 0 saturated heterocycles. The van der Waals surface area contributed by atoms with E-state index in [0.29, 0.717) is 0 Å². The number of nitrogens with zero attached hydrogens (tertiary/aromatic N) is 2. The van der Waals surface area contributed by atoms with Crippen LogP contribution >= 0.6 is 0 Å². The van der Waals surface area contributed by atoms with Crippen LogP contribution in [0.4, 0.5) is 0 Å². The smallest absolute Gasteiger partial charge is 0.0570 e. The van der Waals surface area contributed by atoms with Gasteiger partial charge in [0.15, 0.2) is 0 Å². The van der Waals surface area contributed by atoms with Gasteiger partial charge in [0.2, 0.25) is 0 Å². The quantitative estimate of drug-likeness (QED) is 0.208. The zero-order valence-electron chi connectivity index (χ0n) is 20.5. The molecule has 0 aliphatic rings. The van der Waals surface area contributed by atoms with Crippen LogP contribution in [0.2, 0.25) is 0 Å². The SMILES string of the molecule is Cc1cccc(Cc2ccccc2/C=N/N=C/c2ccccc2Cc2cccc(C)c2C)c1C. The van der Waals surface area contributed by atoms with E-state index in [1.165, 1.54) is 44.5 Å². The summed E-state index contributed by atoms with van der Waals surface area (Å²) in [6.07, 6.45) is 5.50. The predicted molar refractivity (Wildman–Crippen MR) is 146 cm³/mol. The molecule has 2 nitrogen and oxygen atoms in total. The first-order valence-electron chi connectivity index (χ1n) is 11.9.